The van der Waals surface area contributed by atoms with Crippen LogP contribution in [0, 0.1) is 11.6 Å². The predicted octanol–water partition coefficient (Wildman–Crippen LogP) is 3.04. The molecule has 0 fully saturated rings. The zero-order chi connectivity index (χ0) is 10.7. The summed E-state index contributed by atoms with van der Waals surface area (Å²) < 4.78 is 26.8. The summed E-state index contributed by atoms with van der Waals surface area (Å²) in [4.78, 5) is 0. The van der Waals surface area contributed by atoms with Crippen molar-refractivity contribution in [1.29, 1.82) is 0 Å². The van der Waals surface area contributed by atoms with Crippen molar-refractivity contribution in [2.24, 2.45) is 0 Å². The summed E-state index contributed by atoms with van der Waals surface area (Å²) in [5, 5.41) is 9.00. The van der Waals surface area contributed by atoms with E-state index in [0.29, 0.717) is 10.9 Å². The van der Waals surface area contributed by atoms with Crippen LogP contribution in [0.5, 0.6) is 0 Å². The smallest absolute Gasteiger partial charge is 0.130 e. The van der Waals surface area contributed by atoms with E-state index in [-0.39, 0.29) is 12.0 Å². The number of aliphatic hydroxyl groups excluding tert-OH is 1. The molecule has 1 N–H and O–H groups in total. The molecule has 0 radical (unpaired) electrons. The Balaban J connectivity index is 2.86. The maximum absolute atomic E-state index is 13.2. The van der Waals surface area contributed by atoms with Crippen LogP contribution in [0.25, 0.3) is 0 Å². The Hall–Kier alpha value is -0.480. The van der Waals surface area contributed by atoms with E-state index >= 15 is 0 Å². The van der Waals surface area contributed by atoms with Gasteiger partial charge in [0.2, 0.25) is 0 Å². The number of hydrogen-bond donors (Lipinski definition) is 1. The van der Waals surface area contributed by atoms with Crippen LogP contribution in [-0.4, -0.2) is 11.2 Å². The zero-order valence-electron chi connectivity index (χ0n) is 7.73. The second-order valence-electron chi connectivity index (χ2n) is 3.24. The topological polar surface area (TPSA) is 20.2 Å². The lowest BCUT2D eigenvalue weighted by Gasteiger charge is -2.07. The number of aliphatic hydroxyl groups is 1. The van der Waals surface area contributed by atoms with Crippen LogP contribution in [0.3, 0.4) is 0 Å². The van der Waals surface area contributed by atoms with Crippen molar-refractivity contribution in [3.63, 3.8) is 0 Å². The predicted molar refractivity (Wildman–Crippen MR) is 54.1 cm³/mol. The van der Waals surface area contributed by atoms with Gasteiger partial charge in [0.25, 0.3) is 0 Å². The molecule has 14 heavy (non-hydrogen) atoms. The summed E-state index contributed by atoms with van der Waals surface area (Å²) in [7, 11) is 0. The molecule has 0 saturated carbocycles. The van der Waals surface area contributed by atoms with Crippen molar-refractivity contribution in [2.45, 2.75) is 25.9 Å². The van der Waals surface area contributed by atoms with Gasteiger partial charge in [0.1, 0.15) is 11.6 Å². The zero-order valence-corrected chi connectivity index (χ0v) is 9.31. The molecule has 0 unspecified atom stereocenters. The van der Waals surface area contributed by atoms with E-state index in [2.05, 4.69) is 15.9 Å². The number of halogens is 3. The first-order valence-electron chi connectivity index (χ1n) is 4.32. The van der Waals surface area contributed by atoms with Gasteiger partial charge in [-0.15, -0.1) is 0 Å². The molecule has 0 aromatic heterocycles. The molecule has 1 nitrogen and oxygen atoms in total. The van der Waals surface area contributed by atoms with E-state index in [1.165, 1.54) is 12.1 Å². The van der Waals surface area contributed by atoms with E-state index < -0.39 is 17.7 Å². The third kappa shape index (κ3) is 3.03. The highest BCUT2D eigenvalue weighted by molar-refractivity contribution is 9.10. The highest BCUT2D eigenvalue weighted by atomic mass is 79.9. The van der Waals surface area contributed by atoms with Gasteiger partial charge in [0, 0.05) is 10.0 Å². The van der Waals surface area contributed by atoms with Crippen LogP contribution in [0.15, 0.2) is 16.6 Å². The monoisotopic (exact) mass is 264 g/mol. The number of benzene rings is 1. The molecule has 0 saturated heterocycles. The molecule has 0 spiro atoms. The lowest BCUT2D eigenvalue weighted by Crippen LogP contribution is -2.04. The molecule has 0 aliphatic rings. The van der Waals surface area contributed by atoms with Crippen LogP contribution in [-0.2, 0) is 6.42 Å². The number of hydrogen-bond acceptors (Lipinski definition) is 1. The molecule has 0 aliphatic heterocycles. The summed E-state index contributed by atoms with van der Waals surface area (Å²) in [6.07, 6.45) is 0.0235. The summed E-state index contributed by atoms with van der Waals surface area (Å²) >= 11 is 3.00. The molecule has 1 aromatic carbocycles. The minimum atomic E-state index is -0.572. The largest absolute Gasteiger partial charge is 0.393 e. The molecular weight excluding hydrogens is 254 g/mol. The van der Waals surface area contributed by atoms with Gasteiger partial charge in [-0.2, -0.15) is 0 Å². The quantitative estimate of drug-likeness (QED) is 0.890. The Morgan fingerprint density at radius 2 is 1.86 bits per heavy atom. The minimum Gasteiger partial charge on any atom is -0.393 e. The van der Waals surface area contributed by atoms with Crippen molar-refractivity contribution >= 4 is 15.9 Å². The van der Waals surface area contributed by atoms with Gasteiger partial charge in [-0.1, -0.05) is 15.9 Å². The molecule has 1 aromatic rings. The normalized spacial score (nSPS) is 12.9. The van der Waals surface area contributed by atoms with E-state index in [1.807, 2.05) is 0 Å². The van der Waals surface area contributed by atoms with Crippen molar-refractivity contribution in [2.75, 3.05) is 0 Å². The van der Waals surface area contributed by atoms with Gasteiger partial charge in [-0.25, -0.2) is 8.78 Å². The van der Waals surface area contributed by atoms with Gasteiger partial charge in [0.15, 0.2) is 0 Å². The van der Waals surface area contributed by atoms with Gasteiger partial charge in [0.05, 0.1) is 6.10 Å². The van der Waals surface area contributed by atoms with Crippen LogP contribution >= 0.6 is 15.9 Å². The third-order valence-corrected chi connectivity index (χ3v) is 2.38. The first-order chi connectivity index (χ1) is 6.50. The van der Waals surface area contributed by atoms with E-state index in [0.717, 1.165) is 0 Å². The van der Waals surface area contributed by atoms with E-state index in [9.17, 15) is 8.78 Å². The Bertz CT molecular complexity index is 303. The molecule has 78 valence electrons. The SMILES string of the molecule is C[C@H](O)CCc1c(F)cc(Br)cc1F. The molecular formula is C10H11BrF2O. The Labute approximate surface area is 89.9 Å². The highest BCUT2D eigenvalue weighted by Crippen LogP contribution is 2.20. The van der Waals surface area contributed by atoms with Gasteiger partial charge in [-0.3, -0.25) is 0 Å². The molecule has 1 atom stereocenters. The molecule has 0 amide bonds. The Morgan fingerprint density at radius 3 is 2.29 bits per heavy atom. The second kappa shape index (κ2) is 4.84. The van der Waals surface area contributed by atoms with Gasteiger partial charge >= 0.3 is 0 Å². The number of rotatable bonds is 3. The van der Waals surface area contributed by atoms with Crippen LogP contribution in [0.1, 0.15) is 18.9 Å². The lowest BCUT2D eigenvalue weighted by atomic mass is 10.1. The van der Waals surface area contributed by atoms with E-state index in [4.69, 9.17) is 5.11 Å². The average molecular weight is 265 g/mol. The van der Waals surface area contributed by atoms with Crippen LogP contribution in [0.2, 0.25) is 0 Å². The molecule has 0 aliphatic carbocycles. The summed E-state index contributed by atoms with van der Waals surface area (Å²) in [6.45, 7) is 1.59. The minimum absolute atomic E-state index is 0.0362. The first-order valence-corrected chi connectivity index (χ1v) is 5.11. The summed E-state index contributed by atoms with van der Waals surface area (Å²) in [5.41, 5.74) is 0.0362. The molecule has 0 heterocycles. The third-order valence-electron chi connectivity index (χ3n) is 1.92. The summed E-state index contributed by atoms with van der Waals surface area (Å²) in [6, 6.07) is 2.45. The second-order valence-corrected chi connectivity index (χ2v) is 4.15. The Kier molecular flexibility index (Phi) is 4.01. The Morgan fingerprint density at radius 1 is 1.36 bits per heavy atom. The fourth-order valence-corrected chi connectivity index (χ4v) is 1.57. The summed E-state index contributed by atoms with van der Waals surface area (Å²) in [5.74, 6) is -1.14. The first kappa shape index (κ1) is 11.6. The van der Waals surface area contributed by atoms with Crippen LogP contribution < -0.4 is 0 Å². The maximum Gasteiger partial charge on any atom is 0.130 e. The van der Waals surface area contributed by atoms with Crippen molar-refractivity contribution < 1.29 is 13.9 Å². The fourth-order valence-electron chi connectivity index (χ4n) is 1.16. The van der Waals surface area contributed by atoms with Crippen molar-refractivity contribution in [3.05, 3.63) is 33.8 Å². The molecule has 1 rings (SSSR count). The molecule has 4 heteroatoms. The van der Waals surface area contributed by atoms with Gasteiger partial charge < -0.3 is 5.11 Å². The van der Waals surface area contributed by atoms with Crippen molar-refractivity contribution in [3.8, 4) is 0 Å². The molecule has 0 bridgehead atoms. The van der Waals surface area contributed by atoms with Crippen LogP contribution in [0.4, 0.5) is 8.78 Å². The fraction of sp³-hybridized carbons (Fsp3) is 0.400. The van der Waals surface area contributed by atoms with E-state index in [1.54, 1.807) is 6.92 Å². The average Bonchev–Trinajstić information content (AvgIpc) is 2.01. The maximum atomic E-state index is 13.2. The lowest BCUT2D eigenvalue weighted by molar-refractivity contribution is 0.184. The standard InChI is InChI=1S/C10H11BrF2O/c1-6(14)2-3-8-9(12)4-7(11)5-10(8)13/h4-6,14H,2-3H2,1H3/t6-/m0/s1. The van der Waals surface area contributed by atoms with Crippen molar-refractivity contribution in [1.82, 2.24) is 0 Å². The van der Waals surface area contributed by atoms with Gasteiger partial charge in [-0.05, 0) is 31.9 Å². The highest BCUT2D eigenvalue weighted by Gasteiger charge is 2.10.